The Kier molecular flexibility index (Phi) is 5.03. The topological polar surface area (TPSA) is 42.4 Å². The lowest BCUT2D eigenvalue weighted by Gasteiger charge is -2.26. The number of aromatic nitrogens is 1. The molecule has 0 saturated heterocycles. The lowest BCUT2D eigenvalue weighted by atomic mass is 10.1. The summed E-state index contributed by atoms with van der Waals surface area (Å²) in [5.41, 5.74) is 7.05. The van der Waals surface area contributed by atoms with Crippen molar-refractivity contribution < 1.29 is 8.83 Å². The van der Waals surface area contributed by atoms with Gasteiger partial charge in [0.1, 0.15) is 16.7 Å². The lowest BCUT2D eigenvalue weighted by molar-refractivity contribution is 0.617. The summed E-state index contributed by atoms with van der Waals surface area (Å²) in [6, 6.07) is 45.9. The fourth-order valence-electron chi connectivity index (χ4n) is 6.04. The van der Waals surface area contributed by atoms with Crippen molar-refractivity contribution in [2.24, 2.45) is 0 Å². The minimum Gasteiger partial charge on any atom is -0.456 e. The summed E-state index contributed by atoms with van der Waals surface area (Å²) < 4.78 is 15.4. The maximum atomic E-state index is 6.46. The zero-order chi connectivity index (χ0) is 27.6. The maximum absolute atomic E-state index is 6.46. The van der Waals surface area contributed by atoms with Gasteiger partial charge < -0.3 is 13.7 Å². The summed E-state index contributed by atoms with van der Waals surface area (Å²) in [4.78, 5) is 7.50. The second-order valence-electron chi connectivity index (χ2n) is 10.4. The average molecular weight is 559 g/mol. The zero-order valence-electron chi connectivity index (χ0n) is 22.3. The molecule has 5 heteroatoms. The summed E-state index contributed by atoms with van der Waals surface area (Å²) in [6.45, 7) is 0. The van der Waals surface area contributed by atoms with E-state index in [1.807, 2.05) is 59.9 Å². The molecule has 0 unspecified atom stereocenters. The third-order valence-corrected chi connectivity index (χ3v) is 9.09. The number of thiophene rings is 1. The van der Waals surface area contributed by atoms with Gasteiger partial charge in [-0.1, -0.05) is 84.9 Å². The van der Waals surface area contributed by atoms with Crippen LogP contribution in [-0.2, 0) is 0 Å². The molecule has 3 heterocycles. The van der Waals surface area contributed by atoms with Gasteiger partial charge in [-0.05, 0) is 42.5 Å². The van der Waals surface area contributed by atoms with Crippen molar-refractivity contribution in [2.45, 2.75) is 0 Å². The number of furan rings is 1. The van der Waals surface area contributed by atoms with Gasteiger partial charge >= 0.3 is 0 Å². The molecule has 9 aromatic rings. The van der Waals surface area contributed by atoms with Crippen LogP contribution in [0.4, 0.5) is 17.1 Å². The standard InChI is InChI=1S/C37H22N2O2S/c1-3-12-23(13-4-1)37-38-34-31(41-37)22-30-33(27-17-7-9-20-29(27)40-30)35(34)39(24-14-5-2-6-15-24)28-19-11-18-26-25-16-8-10-21-32(25)42-36(26)28/h1-22H. The number of nitrogens with zero attached hydrogens (tertiary/aromatic N) is 2. The first-order valence-corrected chi connectivity index (χ1v) is 14.7. The van der Waals surface area contributed by atoms with Crippen LogP contribution in [0.2, 0.25) is 0 Å². The van der Waals surface area contributed by atoms with E-state index >= 15 is 0 Å². The molecule has 0 fully saturated rings. The fraction of sp³-hybridized carbons (Fsp3) is 0. The van der Waals surface area contributed by atoms with E-state index in [4.69, 9.17) is 13.8 Å². The SMILES string of the molecule is c1ccc(-c2nc3c(N(c4ccccc4)c4cccc5c4sc4ccccc45)c4c(cc3o2)oc2ccccc24)cc1. The van der Waals surface area contributed by atoms with Gasteiger partial charge in [-0.25, -0.2) is 4.98 Å². The second-order valence-corrected chi connectivity index (χ2v) is 11.4. The number of hydrogen-bond donors (Lipinski definition) is 0. The molecule has 198 valence electrons. The highest BCUT2D eigenvalue weighted by Crippen LogP contribution is 2.50. The van der Waals surface area contributed by atoms with Crippen molar-refractivity contribution in [3.05, 3.63) is 133 Å². The van der Waals surface area contributed by atoms with E-state index in [1.165, 1.54) is 20.2 Å². The van der Waals surface area contributed by atoms with Crippen molar-refractivity contribution >= 4 is 81.6 Å². The summed E-state index contributed by atoms with van der Waals surface area (Å²) in [7, 11) is 0. The Morgan fingerprint density at radius 1 is 0.571 bits per heavy atom. The van der Waals surface area contributed by atoms with Crippen LogP contribution in [0.15, 0.2) is 142 Å². The smallest absolute Gasteiger partial charge is 0.227 e. The van der Waals surface area contributed by atoms with Crippen LogP contribution >= 0.6 is 11.3 Å². The van der Waals surface area contributed by atoms with Gasteiger partial charge in [-0.15, -0.1) is 11.3 Å². The Labute approximate surface area is 244 Å². The van der Waals surface area contributed by atoms with Gasteiger partial charge in [0.2, 0.25) is 5.89 Å². The first-order chi connectivity index (χ1) is 20.8. The molecule has 0 aliphatic carbocycles. The predicted octanol–water partition coefficient (Wildman–Crippen LogP) is 11.2. The third-order valence-electron chi connectivity index (χ3n) is 7.88. The minimum atomic E-state index is 0.580. The molecule has 6 aromatic carbocycles. The Balaban J connectivity index is 1.45. The van der Waals surface area contributed by atoms with Crippen molar-refractivity contribution in [1.29, 1.82) is 0 Å². The van der Waals surface area contributed by atoms with Gasteiger partial charge in [0, 0.05) is 38.2 Å². The molecular weight excluding hydrogens is 536 g/mol. The number of oxazole rings is 1. The lowest BCUT2D eigenvalue weighted by Crippen LogP contribution is -2.11. The van der Waals surface area contributed by atoms with Crippen molar-refractivity contribution in [2.75, 3.05) is 4.90 Å². The first-order valence-electron chi connectivity index (χ1n) is 13.9. The largest absolute Gasteiger partial charge is 0.456 e. The van der Waals surface area contributed by atoms with E-state index in [1.54, 1.807) is 0 Å². The number of fused-ring (bicyclic) bond motifs is 7. The van der Waals surface area contributed by atoms with Gasteiger partial charge in [-0.2, -0.15) is 0 Å². The summed E-state index contributed by atoms with van der Waals surface area (Å²) >= 11 is 1.82. The van der Waals surface area contributed by atoms with E-state index in [0.29, 0.717) is 11.5 Å². The Morgan fingerprint density at radius 3 is 2.14 bits per heavy atom. The Bertz CT molecular complexity index is 2420. The average Bonchev–Trinajstić information content (AvgIpc) is 3.75. The van der Waals surface area contributed by atoms with Crippen LogP contribution in [0, 0.1) is 0 Å². The zero-order valence-corrected chi connectivity index (χ0v) is 23.1. The van der Waals surface area contributed by atoms with Gasteiger partial charge in [-0.3, -0.25) is 0 Å². The molecule has 42 heavy (non-hydrogen) atoms. The molecule has 0 radical (unpaired) electrons. The monoisotopic (exact) mass is 558 g/mol. The molecule has 3 aromatic heterocycles. The molecule has 0 bridgehead atoms. The van der Waals surface area contributed by atoms with E-state index in [2.05, 4.69) is 89.8 Å². The van der Waals surface area contributed by atoms with Crippen LogP contribution in [0.1, 0.15) is 0 Å². The van der Waals surface area contributed by atoms with Crippen LogP contribution < -0.4 is 4.90 Å². The highest BCUT2D eigenvalue weighted by molar-refractivity contribution is 7.26. The molecule has 0 aliphatic heterocycles. The maximum Gasteiger partial charge on any atom is 0.227 e. The van der Waals surface area contributed by atoms with Crippen LogP contribution in [0.3, 0.4) is 0 Å². The van der Waals surface area contributed by atoms with Crippen molar-refractivity contribution in [3.63, 3.8) is 0 Å². The molecule has 0 aliphatic rings. The molecular formula is C37H22N2O2S. The number of benzene rings is 6. The molecule has 0 atom stereocenters. The van der Waals surface area contributed by atoms with E-state index in [9.17, 15) is 0 Å². The van der Waals surface area contributed by atoms with E-state index < -0.39 is 0 Å². The predicted molar refractivity (Wildman–Crippen MR) is 174 cm³/mol. The Morgan fingerprint density at radius 2 is 1.29 bits per heavy atom. The summed E-state index contributed by atoms with van der Waals surface area (Å²) in [5.74, 6) is 0.580. The molecule has 0 N–H and O–H groups in total. The van der Waals surface area contributed by atoms with Gasteiger partial charge in [0.25, 0.3) is 0 Å². The molecule has 0 saturated carbocycles. The minimum absolute atomic E-state index is 0.580. The molecule has 0 spiro atoms. The van der Waals surface area contributed by atoms with E-state index in [0.717, 1.165) is 50.1 Å². The number of anilines is 3. The number of para-hydroxylation sites is 2. The summed E-state index contributed by atoms with van der Waals surface area (Å²) in [6.07, 6.45) is 0. The third kappa shape index (κ3) is 3.44. The molecule has 9 rings (SSSR count). The van der Waals surface area contributed by atoms with Crippen LogP contribution in [0.25, 0.3) is 64.7 Å². The highest BCUT2D eigenvalue weighted by atomic mass is 32.1. The fourth-order valence-corrected chi connectivity index (χ4v) is 7.25. The number of hydrogen-bond acceptors (Lipinski definition) is 5. The van der Waals surface area contributed by atoms with Crippen LogP contribution in [-0.4, -0.2) is 4.98 Å². The number of rotatable bonds is 4. The molecule has 0 amide bonds. The van der Waals surface area contributed by atoms with Crippen molar-refractivity contribution in [1.82, 2.24) is 4.98 Å². The first kappa shape index (κ1) is 23.3. The van der Waals surface area contributed by atoms with E-state index in [-0.39, 0.29) is 0 Å². The van der Waals surface area contributed by atoms with Crippen molar-refractivity contribution in [3.8, 4) is 11.5 Å². The molecule has 4 nitrogen and oxygen atoms in total. The van der Waals surface area contributed by atoms with Gasteiger partial charge in [0.05, 0.1) is 21.5 Å². The quantitative estimate of drug-likeness (QED) is 0.215. The van der Waals surface area contributed by atoms with Gasteiger partial charge in [0.15, 0.2) is 5.58 Å². The second kappa shape index (κ2) is 9.06. The highest BCUT2D eigenvalue weighted by Gasteiger charge is 2.27. The Hall–Kier alpha value is -5.39. The van der Waals surface area contributed by atoms with Crippen LogP contribution in [0.5, 0.6) is 0 Å². The summed E-state index contributed by atoms with van der Waals surface area (Å²) in [5, 5.41) is 4.54. The normalized spacial score (nSPS) is 11.8.